The molecule has 2 nitrogen and oxygen atoms in total. The Labute approximate surface area is 98.0 Å². The first-order valence-corrected chi connectivity index (χ1v) is 6.10. The van der Waals surface area contributed by atoms with Gasteiger partial charge in [0.25, 0.3) is 0 Å². The molecule has 0 fully saturated rings. The molecule has 1 atom stereocenters. The van der Waals surface area contributed by atoms with E-state index in [4.69, 9.17) is 11.6 Å². The fraction of sp³-hybridized carbons (Fsp3) is 0.364. The lowest BCUT2D eigenvalue weighted by molar-refractivity contribution is 0.651. The van der Waals surface area contributed by atoms with Crippen LogP contribution in [0.2, 0.25) is 5.02 Å². The molecule has 4 heteroatoms. The highest BCUT2D eigenvalue weighted by molar-refractivity contribution is 7.85. The molecule has 82 valence electrons. The van der Waals surface area contributed by atoms with E-state index >= 15 is 0 Å². The van der Waals surface area contributed by atoms with Crippen LogP contribution < -0.4 is 0 Å². The standard InChI is InChI=1S/C11H14ClNOS/c1-11(2,3)15(14)13-8-9-6-4-5-7-10(9)12/h4-8H,1-3H3/b13-8+/t15-/m0/s1. The highest BCUT2D eigenvalue weighted by atomic mass is 35.5. The van der Waals surface area contributed by atoms with Crippen molar-refractivity contribution < 1.29 is 4.21 Å². The quantitative estimate of drug-likeness (QED) is 0.734. The maximum absolute atomic E-state index is 11.6. The fourth-order valence-corrected chi connectivity index (χ4v) is 1.55. The average molecular weight is 244 g/mol. The molecule has 0 heterocycles. The average Bonchev–Trinajstić information content (AvgIpc) is 2.14. The molecule has 0 aliphatic carbocycles. The second-order valence-electron chi connectivity index (χ2n) is 4.12. The van der Waals surface area contributed by atoms with Crippen molar-refractivity contribution in [2.45, 2.75) is 25.5 Å². The molecule has 0 unspecified atom stereocenters. The van der Waals surface area contributed by atoms with Gasteiger partial charge in [-0.05, 0) is 26.8 Å². The molecule has 0 aliphatic heterocycles. The van der Waals surface area contributed by atoms with Crippen LogP contribution in [0.1, 0.15) is 26.3 Å². The second kappa shape index (κ2) is 4.90. The Morgan fingerprint density at radius 2 is 1.93 bits per heavy atom. The highest BCUT2D eigenvalue weighted by Gasteiger charge is 2.18. The third kappa shape index (κ3) is 3.76. The molecule has 1 aromatic rings. The summed E-state index contributed by atoms with van der Waals surface area (Å²) in [6.45, 7) is 5.65. The van der Waals surface area contributed by atoms with Gasteiger partial charge in [-0.15, -0.1) is 0 Å². The third-order valence-electron chi connectivity index (χ3n) is 1.72. The number of hydrogen-bond donors (Lipinski definition) is 0. The number of rotatable bonds is 2. The maximum atomic E-state index is 11.6. The highest BCUT2D eigenvalue weighted by Crippen LogP contribution is 2.15. The van der Waals surface area contributed by atoms with Gasteiger partial charge >= 0.3 is 0 Å². The lowest BCUT2D eigenvalue weighted by Crippen LogP contribution is -2.19. The van der Waals surface area contributed by atoms with E-state index in [1.165, 1.54) is 0 Å². The Morgan fingerprint density at radius 1 is 1.33 bits per heavy atom. The van der Waals surface area contributed by atoms with Crippen LogP contribution in [-0.4, -0.2) is 15.2 Å². The van der Waals surface area contributed by atoms with Crippen molar-refractivity contribution in [2.75, 3.05) is 0 Å². The summed E-state index contributed by atoms with van der Waals surface area (Å²) in [5.41, 5.74) is 0.789. The van der Waals surface area contributed by atoms with Gasteiger partial charge in [-0.1, -0.05) is 29.8 Å². The molecule has 0 amide bonds. The summed E-state index contributed by atoms with van der Waals surface area (Å²) < 4.78 is 15.3. The molecule has 0 aromatic heterocycles. The summed E-state index contributed by atoms with van der Waals surface area (Å²) >= 11 is 5.93. The summed E-state index contributed by atoms with van der Waals surface area (Å²) in [7, 11) is -1.24. The molecule has 0 radical (unpaired) electrons. The molecule has 15 heavy (non-hydrogen) atoms. The van der Waals surface area contributed by atoms with Crippen LogP contribution in [0.4, 0.5) is 0 Å². The van der Waals surface area contributed by atoms with Gasteiger partial charge in [0.15, 0.2) is 0 Å². The molecule has 1 rings (SSSR count). The van der Waals surface area contributed by atoms with E-state index < -0.39 is 11.0 Å². The van der Waals surface area contributed by atoms with Crippen LogP contribution in [0.25, 0.3) is 0 Å². The maximum Gasteiger partial charge on any atom is 0.144 e. The number of hydrogen-bond acceptors (Lipinski definition) is 1. The summed E-state index contributed by atoms with van der Waals surface area (Å²) in [5.74, 6) is 0. The zero-order chi connectivity index (χ0) is 11.5. The SMILES string of the molecule is CC(C)(C)[S@](=O)/N=C/c1ccccc1Cl. The first-order valence-electron chi connectivity index (χ1n) is 4.62. The molecule has 0 N–H and O–H groups in total. The van der Waals surface area contributed by atoms with Crippen molar-refractivity contribution in [1.82, 2.24) is 0 Å². The van der Waals surface area contributed by atoms with Gasteiger partial charge in [-0.2, -0.15) is 4.40 Å². The van der Waals surface area contributed by atoms with E-state index in [0.717, 1.165) is 5.56 Å². The first-order chi connectivity index (χ1) is 6.91. The Balaban J connectivity index is 2.84. The van der Waals surface area contributed by atoms with Crippen molar-refractivity contribution in [3.8, 4) is 0 Å². The van der Waals surface area contributed by atoms with Gasteiger partial charge in [0, 0.05) is 16.8 Å². The zero-order valence-electron chi connectivity index (χ0n) is 9.03. The lowest BCUT2D eigenvalue weighted by Gasteiger charge is -2.12. The van der Waals surface area contributed by atoms with E-state index in [-0.39, 0.29) is 4.75 Å². The minimum absolute atomic E-state index is 0.336. The number of benzene rings is 1. The van der Waals surface area contributed by atoms with Gasteiger partial charge in [-0.25, -0.2) is 4.21 Å². The van der Waals surface area contributed by atoms with Gasteiger partial charge in [0.05, 0.1) is 4.75 Å². The van der Waals surface area contributed by atoms with Crippen LogP contribution in [0, 0.1) is 0 Å². The van der Waals surface area contributed by atoms with Crippen LogP contribution >= 0.6 is 11.6 Å². The topological polar surface area (TPSA) is 29.4 Å². The van der Waals surface area contributed by atoms with Crippen molar-refractivity contribution in [1.29, 1.82) is 0 Å². The van der Waals surface area contributed by atoms with Crippen LogP contribution in [0.3, 0.4) is 0 Å². The predicted octanol–water partition coefficient (Wildman–Crippen LogP) is 3.22. The monoisotopic (exact) mass is 243 g/mol. The van der Waals surface area contributed by atoms with Crippen LogP contribution in [-0.2, 0) is 11.0 Å². The van der Waals surface area contributed by atoms with E-state index in [1.807, 2.05) is 39.0 Å². The zero-order valence-corrected chi connectivity index (χ0v) is 10.6. The van der Waals surface area contributed by atoms with E-state index in [9.17, 15) is 4.21 Å². The molecule has 0 saturated heterocycles. The Kier molecular flexibility index (Phi) is 4.05. The van der Waals surface area contributed by atoms with Crippen molar-refractivity contribution >= 4 is 28.8 Å². The van der Waals surface area contributed by atoms with Crippen molar-refractivity contribution in [2.24, 2.45) is 4.40 Å². The van der Waals surface area contributed by atoms with Crippen molar-refractivity contribution in [3.63, 3.8) is 0 Å². The summed E-state index contributed by atoms with van der Waals surface area (Å²) in [4.78, 5) is 0. The molecule has 0 spiro atoms. The van der Waals surface area contributed by atoms with E-state index in [0.29, 0.717) is 5.02 Å². The molecular weight excluding hydrogens is 230 g/mol. The van der Waals surface area contributed by atoms with Crippen LogP contribution in [0.5, 0.6) is 0 Å². The van der Waals surface area contributed by atoms with Crippen LogP contribution in [0.15, 0.2) is 28.7 Å². The molecule has 0 aliphatic rings. The molecular formula is C11H14ClNOS. The van der Waals surface area contributed by atoms with E-state index in [2.05, 4.69) is 4.40 Å². The van der Waals surface area contributed by atoms with Gasteiger partial charge in [0.1, 0.15) is 11.0 Å². The Morgan fingerprint density at radius 3 is 2.47 bits per heavy atom. The first kappa shape index (κ1) is 12.4. The molecule has 0 bridgehead atoms. The summed E-state index contributed by atoms with van der Waals surface area (Å²) in [5, 5.41) is 0.618. The smallest absolute Gasteiger partial charge is 0.144 e. The molecule has 1 aromatic carbocycles. The normalized spacial score (nSPS) is 14.4. The number of halogens is 1. The van der Waals surface area contributed by atoms with E-state index in [1.54, 1.807) is 12.3 Å². The largest absolute Gasteiger partial charge is 0.234 e. The Hall–Kier alpha value is -0.670. The van der Waals surface area contributed by atoms with Gasteiger partial charge in [0.2, 0.25) is 0 Å². The lowest BCUT2D eigenvalue weighted by atomic mass is 10.2. The van der Waals surface area contributed by atoms with Crippen molar-refractivity contribution in [3.05, 3.63) is 34.9 Å². The minimum atomic E-state index is -1.24. The second-order valence-corrected chi connectivity index (χ2v) is 6.46. The van der Waals surface area contributed by atoms with Gasteiger partial charge in [-0.3, -0.25) is 0 Å². The summed E-state index contributed by atoms with van der Waals surface area (Å²) in [6.07, 6.45) is 1.56. The number of nitrogens with zero attached hydrogens (tertiary/aromatic N) is 1. The fourth-order valence-electron chi connectivity index (χ4n) is 0.843. The predicted molar refractivity (Wildman–Crippen MR) is 66.9 cm³/mol. The Bertz CT molecular complexity index is 396. The minimum Gasteiger partial charge on any atom is -0.234 e. The summed E-state index contributed by atoms with van der Waals surface area (Å²) in [6, 6.07) is 7.34. The molecule has 0 saturated carbocycles. The van der Waals surface area contributed by atoms with Gasteiger partial charge < -0.3 is 0 Å². The third-order valence-corrected chi connectivity index (χ3v) is 3.41.